The molecular weight excluding hydrogens is 354 g/mol. The number of carbonyl (C=O) groups excluding carboxylic acids is 1. The van der Waals surface area contributed by atoms with Gasteiger partial charge in [0, 0.05) is 30.9 Å². The number of hydrogen-bond donors (Lipinski definition) is 1. The van der Waals surface area contributed by atoms with Crippen LogP contribution in [0.5, 0.6) is 0 Å². The van der Waals surface area contributed by atoms with Crippen LogP contribution in [0.4, 0.5) is 11.4 Å². The van der Waals surface area contributed by atoms with E-state index in [1.54, 1.807) is 0 Å². The van der Waals surface area contributed by atoms with Crippen LogP contribution in [0.3, 0.4) is 0 Å². The van der Waals surface area contributed by atoms with Gasteiger partial charge in [-0.05, 0) is 44.5 Å². The van der Waals surface area contributed by atoms with Crippen molar-refractivity contribution in [3.8, 4) is 0 Å². The first-order chi connectivity index (χ1) is 12.9. The Labute approximate surface area is 164 Å². The summed E-state index contributed by atoms with van der Waals surface area (Å²) in [6, 6.07) is 18.5. The molecule has 0 aliphatic rings. The largest absolute Gasteiger partial charge is 0.372 e. The lowest BCUT2D eigenvalue weighted by atomic mass is 10.2. The third kappa shape index (κ3) is 4.74. The van der Waals surface area contributed by atoms with E-state index < -0.39 is 0 Å². The molecule has 1 N–H and O–H groups in total. The Kier molecular flexibility index (Phi) is 5.91. The highest BCUT2D eigenvalue weighted by Crippen LogP contribution is 2.24. The predicted molar refractivity (Wildman–Crippen MR) is 114 cm³/mol. The average molecular weight is 380 g/mol. The molecule has 5 heteroatoms. The minimum Gasteiger partial charge on any atom is -0.372 e. The van der Waals surface area contributed by atoms with Crippen LogP contribution in [-0.4, -0.2) is 24.0 Å². The summed E-state index contributed by atoms with van der Waals surface area (Å²) in [5.41, 5.74) is 3.84. The molecule has 1 aromatic heterocycles. The Morgan fingerprint density at radius 3 is 2.59 bits per heavy atom. The van der Waals surface area contributed by atoms with E-state index in [9.17, 15) is 4.79 Å². The van der Waals surface area contributed by atoms with Crippen LogP contribution in [0.25, 0.3) is 0 Å². The van der Waals surface area contributed by atoms with Crippen molar-refractivity contribution in [3.05, 3.63) is 75.7 Å². The van der Waals surface area contributed by atoms with Crippen LogP contribution in [0.15, 0.2) is 54.6 Å². The molecule has 2 aromatic carbocycles. The summed E-state index contributed by atoms with van der Waals surface area (Å²) in [5.74, 6) is -0.103. The Bertz CT molecular complexity index is 918. The van der Waals surface area contributed by atoms with Gasteiger partial charge in [0.25, 0.3) is 5.91 Å². The van der Waals surface area contributed by atoms with Gasteiger partial charge in [-0.1, -0.05) is 36.4 Å². The number of hydrogen-bond acceptors (Lipinski definition) is 4. The quantitative estimate of drug-likeness (QED) is 0.645. The van der Waals surface area contributed by atoms with E-state index >= 15 is 0 Å². The van der Waals surface area contributed by atoms with Crippen molar-refractivity contribution >= 4 is 28.6 Å². The number of thiazole rings is 1. The lowest BCUT2D eigenvalue weighted by molar-refractivity contribution is 0.103. The fourth-order valence-corrected chi connectivity index (χ4v) is 3.79. The van der Waals surface area contributed by atoms with Gasteiger partial charge >= 0.3 is 0 Å². The molecule has 0 unspecified atom stereocenters. The van der Waals surface area contributed by atoms with E-state index in [0.29, 0.717) is 10.9 Å². The van der Waals surface area contributed by atoms with Gasteiger partial charge in [0.1, 0.15) is 4.88 Å². The molecule has 3 rings (SSSR count). The maximum absolute atomic E-state index is 12.8. The molecule has 3 aromatic rings. The first kappa shape index (κ1) is 19.1. The molecule has 1 heterocycles. The number of aryl methyl sites for hydroxylation is 1. The third-order valence-corrected chi connectivity index (χ3v) is 5.69. The summed E-state index contributed by atoms with van der Waals surface area (Å²) in [6.07, 6.45) is 0.744. The molecule has 140 valence electrons. The van der Waals surface area contributed by atoms with Crippen molar-refractivity contribution in [3.63, 3.8) is 0 Å². The predicted octanol–water partition coefficient (Wildman–Crippen LogP) is 5.14. The van der Waals surface area contributed by atoms with Crippen LogP contribution in [0.1, 0.15) is 39.8 Å². The highest BCUT2D eigenvalue weighted by atomic mass is 32.1. The van der Waals surface area contributed by atoms with Crippen LogP contribution >= 0.6 is 11.3 Å². The highest BCUT2D eigenvalue weighted by Gasteiger charge is 2.16. The molecule has 0 atom stereocenters. The van der Waals surface area contributed by atoms with Gasteiger partial charge in [-0.25, -0.2) is 4.98 Å². The van der Waals surface area contributed by atoms with E-state index in [4.69, 9.17) is 0 Å². The van der Waals surface area contributed by atoms with Crippen LogP contribution in [-0.2, 0) is 6.42 Å². The number of nitrogens with zero attached hydrogens (tertiary/aromatic N) is 2. The summed E-state index contributed by atoms with van der Waals surface area (Å²) in [5, 5.41) is 3.97. The molecule has 0 bridgehead atoms. The van der Waals surface area contributed by atoms with Crippen LogP contribution in [0.2, 0.25) is 0 Å². The molecule has 27 heavy (non-hydrogen) atoms. The Balaban J connectivity index is 1.74. The Morgan fingerprint density at radius 2 is 1.89 bits per heavy atom. The van der Waals surface area contributed by atoms with Gasteiger partial charge in [0.05, 0.1) is 10.7 Å². The van der Waals surface area contributed by atoms with Gasteiger partial charge in [0.2, 0.25) is 0 Å². The zero-order valence-electron chi connectivity index (χ0n) is 16.2. The minimum atomic E-state index is -0.103. The van der Waals surface area contributed by atoms with E-state index in [2.05, 4.69) is 48.2 Å². The smallest absolute Gasteiger partial charge is 0.267 e. The number of anilines is 2. The first-order valence-corrected chi connectivity index (χ1v) is 9.90. The summed E-state index contributed by atoms with van der Waals surface area (Å²) in [4.78, 5) is 20.2. The summed E-state index contributed by atoms with van der Waals surface area (Å²) >= 11 is 1.46. The van der Waals surface area contributed by atoms with E-state index in [-0.39, 0.29) is 5.91 Å². The van der Waals surface area contributed by atoms with Crippen molar-refractivity contribution < 1.29 is 4.79 Å². The molecule has 0 saturated heterocycles. The second-order valence-electron chi connectivity index (χ2n) is 6.89. The van der Waals surface area contributed by atoms with Gasteiger partial charge in [-0.2, -0.15) is 0 Å². The number of carbonyl (C=O) groups is 1. The molecule has 0 aliphatic heterocycles. The fraction of sp³-hybridized carbons (Fsp3) is 0.273. The monoisotopic (exact) mass is 379 g/mol. The number of benzene rings is 2. The van der Waals surface area contributed by atoms with Crippen molar-refractivity contribution in [1.29, 1.82) is 0 Å². The van der Waals surface area contributed by atoms with Crippen molar-refractivity contribution in [2.24, 2.45) is 0 Å². The van der Waals surface area contributed by atoms with Crippen molar-refractivity contribution in [2.45, 2.75) is 33.2 Å². The van der Waals surface area contributed by atoms with Crippen LogP contribution in [0, 0.1) is 6.92 Å². The summed E-state index contributed by atoms with van der Waals surface area (Å²) in [6.45, 7) is 6.17. The molecule has 0 saturated carbocycles. The van der Waals surface area contributed by atoms with Gasteiger partial charge < -0.3 is 10.2 Å². The molecule has 0 radical (unpaired) electrons. The molecule has 0 spiro atoms. The maximum Gasteiger partial charge on any atom is 0.267 e. The zero-order chi connectivity index (χ0) is 19.4. The number of aromatic nitrogens is 1. The third-order valence-electron chi connectivity index (χ3n) is 4.53. The van der Waals surface area contributed by atoms with E-state index in [1.807, 2.05) is 49.4 Å². The van der Waals surface area contributed by atoms with Gasteiger partial charge in [-0.15, -0.1) is 11.3 Å². The number of rotatable bonds is 6. The highest BCUT2D eigenvalue weighted by molar-refractivity contribution is 7.14. The zero-order valence-corrected chi connectivity index (χ0v) is 17.0. The maximum atomic E-state index is 12.8. The number of amides is 1. The standard InChI is InChI=1S/C22H25N3OS/c1-15(2)25(4)19-12-8-11-18(14-19)24-22(26)21-16(3)23-20(27-21)13-17-9-6-5-7-10-17/h5-12,14-15H,13H2,1-4H3,(H,24,26). The minimum absolute atomic E-state index is 0.103. The first-order valence-electron chi connectivity index (χ1n) is 9.08. The Morgan fingerprint density at radius 1 is 1.15 bits per heavy atom. The Hall–Kier alpha value is -2.66. The molecule has 0 fully saturated rings. The molecular formula is C22H25N3OS. The lowest BCUT2D eigenvalue weighted by Gasteiger charge is -2.24. The fourth-order valence-electron chi connectivity index (χ4n) is 2.80. The van der Waals surface area contributed by atoms with E-state index in [0.717, 1.165) is 28.5 Å². The van der Waals surface area contributed by atoms with Gasteiger partial charge in [-0.3, -0.25) is 4.79 Å². The summed E-state index contributed by atoms with van der Waals surface area (Å²) < 4.78 is 0. The van der Waals surface area contributed by atoms with Crippen molar-refractivity contribution in [1.82, 2.24) is 4.98 Å². The SMILES string of the molecule is Cc1nc(Cc2ccccc2)sc1C(=O)Nc1cccc(N(C)C(C)C)c1. The average Bonchev–Trinajstić information content (AvgIpc) is 3.02. The number of nitrogens with one attached hydrogen (secondary N) is 1. The topological polar surface area (TPSA) is 45.2 Å². The van der Waals surface area contributed by atoms with Crippen LogP contribution < -0.4 is 10.2 Å². The molecule has 1 amide bonds. The van der Waals surface area contributed by atoms with Gasteiger partial charge in [0.15, 0.2) is 0 Å². The molecule has 4 nitrogen and oxygen atoms in total. The lowest BCUT2D eigenvalue weighted by Crippen LogP contribution is -2.25. The summed E-state index contributed by atoms with van der Waals surface area (Å²) in [7, 11) is 2.05. The second-order valence-corrected chi connectivity index (χ2v) is 7.98. The molecule has 0 aliphatic carbocycles. The normalized spacial score (nSPS) is 10.9. The van der Waals surface area contributed by atoms with E-state index in [1.165, 1.54) is 16.9 Å². The second kappa shape index (κ2) is 8.35. The van der Waals surface area contributed by atoms with Crippen molar-refractivity contribution in [2.75, 3.05) is 17.3 Å².